The summed E-state index contributed by atoms with van der Waals surface area (Å²) >= 11 is 1.71. The van der Waals surface area contributed by atoms with Crippen molar-refractivity contribution in [2.45, 2.75) is 31.7 Å². The molecule has 2 aromatic heterocycles. The number of likely N-dealkylation sites (tertiary alicyclic amines) is 1. The van der Waals surface area contributed by atoms with Gasteiger partial charge in [-0.2, -0.15) is 0 Å². The van der Waals surface area contributed by atoms with Crippen LogP contribution in [0.4, 0.5) is 0 Å². The summed E-state index contributed by atoms with van der Waals surface area (Å²) in [6.07, 6.45) is 4.08. The summed E-state index contributed by atoms with van der Waals surface area (Å²) in [5, 5.41) is 2.05. The van der Waals surface area contributed by atoms with Crippen molar-refractivity contribution in [1.29, 1.82) is 0 Å². The highest BCUT2D eigenvalue weighted by Gasteiger charge is 2.40. The maximum absolute atomic E-state index is 12.7. The second-order valence-electron chi connectivity index (χ2n) is 5.61. The van der Waals surface area contributed by atoms with E-state index in [9.17, 15) is 9.59 Å². The van der Waals surface area contributed by atoms with Gasteiger partial charge in [0.2, 0.25) is 0 Å². The molecule has 1 aliphatic heterocycles. The topological polar surface area (TPSA) is 66.1 Å². The highest BCUT2D eigenvalue weighted by atomic mass is 32.1. The lowest BCUT2D eigenvalue weighted by Crippen LogP contribution is -2.47. The van der Waals surface area contributed by atoms with Crippen LogP contribution in [0.2, 0.25) is 0 Å². The number of thiophene rings is 1. The van der Waals surface area contributed by atoms with Crippen LogP contribution in [-0.2, 0) is 6.42 Å². The van der Waals surface area contributed by atoms with E-state index in [1.54, 1.807) is 11.3 Å². The van der Waals surface area contributed by atoms with Crippen molar-refractivity contribution in [2.24, 2.45) is 0 Å². The van der Waals surface area contributed by atoms with E-state index >= 15 is 0 Å². The van der Waals surface area contributed by atoms with Gasteiger partial charge in [-0.3, -0.25) is 9.59 Å². The van der Waals surface area contributed by atoms with Gasteiger partial charge in [0.15, 0.2) is 0 Å². The normalized spacial score (nSPS) is 21.7. The van der Waals surface area contributed by atoms with Crippen LogP contribution in [0.1, 0.15) is 35.1 Å². The fraction of sp³-hybridized carbons (Fsp3) is 0.400. The number of nitrogens with one attached hydrogen (secondary N) is 1. The first-order valence-corrected chi connectivity index (χ1v) is 7.86. The predicted octanol–water partition coefficient (Wildman–Crippen LogP) is 2.07. The van der Waals surface area contributed by atoms with E-state index in [4.69, 9.17) is 0 Å². The Kier molecular flexibility index (Phi) is 3.63. The number of carbonyl (C=O) groups excluding carboxylic acids is 1. The van der Waals surface area contributed by atoms with Gasteiger partial charge >= 0.3 is 0 Å². The predicted molar refractivity (Wildman–Crippen MR) is 81.6 cm³/mol. The first-order chi connectivity index (χ1) is 10.1. The van der Waals surface area contributed by atoms with E-state index in [-0.39, 0.29) is 22.7 Å². The maximum atomic E-state index is 12.7. The molecule has 3 rings (SSSR count). The third-order valence-corrected chi connectivity index (χ3v) is 4.90. The Morgan fingerprint density at radius 2 is 2.43 bits per heavy atom. The summed E-state index contributed by atoms with van der Waals surface area (Å²) in [5.41, 5.74) is -0.280. The summed E-state index contributed by atoms with van der Waals surface area (Å²) in [5.74, 6) is -0.155. The van der Waals surface area contributed by atoms with Crippen molar-refractivity contribution in [2.75, 3.05) is 6.54 Å². The van der Waals surface area contributed by atoms with Gasteiger partial charge < -0.3 is 9.88 Å². The minimum atomic E-state index is -0.299. The van der Waals surface area contributed by atoms with Crippen LogP contribution in [0.3, 0.4) is 0 Å². The number of aromatic nitrogens is 2. The van der Waals surface area contributed by atoms with Crippen molar-refractivity contribution in [3.63, 3.8) is 0 Å². The molecule has 0 saturated carbocycles. The van der Waals surface area contributed by atoms with Crippen LogP contribution in [0.5, 0.6) is 0 Å². The Hall–Kier alpha value is -1.95. The van der Waals surface area contributed by atoms with Crippen LogP contribution in [0, 0.1) is 0 Å². The zero-order valence-corrected chi connectivity index (χ0v) is 12.7. The zero-order valence-electron chi connectivity index (χ0n) is 11.8. The minimum absolute atomic E-state index is 0.155. The van der Waals surface area contributed by atoms with Crippen LogP contribution in [0.15, 0.2) is 34.7 Å². The van der Waals surface area contributed by atoms with Gasteiger partial charge in [0.05, 0.1) is 6.33 Å². The lowest BCUT2D eigenvalue weighted by atomic mass is 9.93. The molecule has 3 heterocycles. The van der Waals surface area contributed by atoms with E-state index in [0.29, 0.717) is 0 Å². The Morgan fingerprint density at radius 1 is 1.57 bits per heavy atom. The molecule has 6 heteroatoms. The van der Waals surface area contributed by atoms with E-state index in [2.05, 4.69) is 28.3 Å². The second kappa shape index (κ2) is 5.44. The summed E-state index contributed by atoms with van der Waals surface area (Å²) in [4.78, 5) is 33.6. The van der Waals surface area contributed by atoms with Crippen molar-refractivity contribution in [1.82, 2.24) is 14.9 Å². The monoisotopic (exact) mass is 303 g/mol. The third-order valence-electron chi connectivity index (χ3n) is 4.03. The Balaban J connectivity index is 1.86. The molecule has 1 N–H and O–H groups in total. The molecule has 1 amide bonds. The highest BCUT2D eigenvalue weighted by Crippen LogP contribution is 2.34. The molecule has 1 unspecified atom stereocenters. The molecule has 0 bridgehead atoms. The average molecular weight is 303 g/mol. The lowest BCUT2D eigenvalue weighted by Gasteiger charge is -2.35. The minimum Gasteiger partial charge on any atom is -0.332 e. The Labute approximate surface area is 126 Å². The molecule has 0 spiro atoms. The number of rotatable bonds is 3. The van der Waals surface area contributed by atoms with Gasteiger partial charge in [0.25, 0.3) is 11.5 Å². The fourth-order valence-electron chi connectivity index (χ4n) is 2.97. The first-order valence-electron chi connectivity index (χ1n) is 6.98. The van der Waals surface area contributed by atoms with Crippen molar-refractivity contribution in [3.8, 4) is 0 Å². The average Bonchev–Trinajstić information content (AvgIpc) is 3.08. The zero-order chi connectivity index (χ0) is 14.9. The van der Waals surface area contributed by atoms with Crippen LogP contribution in [0.25, 0.3) is 0 Å². The van der Waals surface area contributed by atoms with Crippen molar-refractivity contribution >= 4 is 17.2 Å². The Bertz CT molecular complexity index is 695. The summed E-state index contributed by atoms with van der Waals surface area (Å²) in [6.45, 7) is 2.83. The number of amides is 1. The van der Waals surface area contributed by atoms with Gasteiger partial charge in [-0.25, -0.2) is 4.98 Å². The quantitative estimate of drug-likeness (QED) is 0.944. The number of hydrogen-bond donors (Lipinski definition) is 1. The molecule has 1 aliphatic rings. The standard InChI is InChI=1S/C15H17N3O2S/c1-15(9-11-4-2-7-21-11)5-3-6-18(15)14(20)12-8-13(19)17-10-16-12/h2,4,7-8,10H,3,5-6,9H2,1H3,(H,16,17,19). The molecule has 0 aliphatic carbocycles. The molecule has 1 saturated heterocycles. The second-order valence-corrected chi connectivity index (χ2v) is 6.64. The van der Waals surface area contributed by atoms with E-state index in [1.165, 1.54) is 17.3 Å². The smallest absolute Gasteiger partial charge is 0.273 e. The van der Waals surface area contributed by atoms with Gasteiger partial charge in [0.1, 0.15) is 5.69 Å². The molecule has 1 atom stereocenters. The maximum Gasteiger partial charge on any atom is 0.273 e. The molecule has 0 radical (unpaired) electrons. The molecular formula is C15H17N3O2S. The molecular weight excluding hydrogens is 286 g/mol. The van der Waals surface area contributed by atoms with Gasteiger partial charge in [-0.05, 0) is 31.2 Å². The number of hydrogen-bond acceptors (Lipinski definition) is 4. The number of aromatic amines is 1. The number of nitrogens with zero attached hydrogens (tertiary/aromatic N) is 2. The van der Waals surface area contributed by atoms with Gasteiger partial charge in [-0.1, -0.05) is 6.07 Å². The van der Waals surface area contributed by atoms with E-state index in [0.717, 1.165) is 25.8 Å². The summed E-state index contributed by atoms with van der Waals surface area (Å²) in [6, 6.07) is 5.40. The van der Waals surface area contributed by atoms with Gasteiger partial charge in [0, 0.05) is 29.4 Å². The molecule has 1 fully saturated rings. The third kappa shape index (κ3) is 2.76. The number of carbonyl (C=O) groups is 1. The molecule has 5 nitrogen and oxygen atoms in total. The summed E-state index contributed by atoms with van der Waals surface area (Å²) in [7, 11) is 0. The molecule has 110 valence electrons. The fourth-order valence-corrected chi connectivity index (χ4v) is 3.85. The van der Waals surface area contributed by atoms with Crippen LogP contribution < -0.4 is 5.56 Å². The Morgan fingerprint density at radius 3 is 3.14 bits per heavy atom. The lowest BCUT2D eigenvalue weighted by molar-refractivity contribution is 0.0619. The SMILES string of the molecule is CC1(Cc2cccs2)CCCN1C(=O)c1cc(=O)[nH]cn1. The van der Waals surface area contributed by atoms with E-state index < -0.39 is 0 Å². The van der Waals surface area contributed by atoms with Gasteiger partial charge in [-0.15, -0.1) is 11.3 Å². The van der Waals surface area contributed by atoms with Crippen molar-refractivity contribution in [3.05, 3.63) is 50.8 Å². The van der Waals surface area contributed by atoms with Crippen LogP contribution >= 0.6 is 11.3 Å². The highest BCUT2D eigenvalue weighted by molar-refractivity contribution is 7.09. The summed E-state index contributed by atoms with van der Waals surface area (Å²) < 4.78 is 0. The first kappa shape index (κ1) is 14.0. The van der Waals surface area contributed by atoms with Crippen molar-refractivity contribution < 1.29 is 4.79 Å². The number of H-pyrrole nitrogens is 1. The largest absolute Gasteiger partial charge is 0.332 e. The molecule has 2 aromatic rings. The van der Waals surface area contributed by atoms with E-state index in [1.807, 2.05) is 11.0 Å². The molecule has 21 heavy (non-hydrogen) atoms. The molecule has 0 aromatic carbocycles. The van der Waals surface area contributed by atoms with Crippen LogP contribution in [-0.4, -0.2) is 32.9 Å².